The van der Waals surface area contributed by atoms with Gasteiger partial charge >= 0.3 is 0 Å². The molecule has 0 aromatic carbocycles. The molecular weight excluding hydrogens is 284 g/mol. The van der Waals surface area contributed by atoms with Crippen molar-refractivity contribution in [3.05, 3.63) is 29.6 Å². The summed E-state index contributed by atoms with van der Waals surface area (Å²) in [5.74, 6) is 1.69. The Bertz CT molecular complexity index is 518. The van der Waals surface area contributed by atoms with Crippen LogP contribution in [0.4, 0.5) is 0 Å². The molecule has 0 bridgehead atoms. The van der Waals surface area contributed by atoms with Gasteiger partial charge in [0.2, 0.25) is 0 Å². The number of aliphatic imine (C=N–C) groups is 1. The molecule has 23 heavy (non-hydrogen) atoms. The summed E-state index contributed by atoms with van der Waals surface area (Å²) >= 11 is 0. The Morgan fingerprint density at radius 1 is 1.35 bits per heavy atom. The van der Waals surface area contributed by atoms with Crippen molar-refractivity contribution in [3.8, 4) is 0 Å². The fourth-order valence-electron chi connectivity index (χ4n) is 3.59. The standard InChI is InChI=1S/C19H32N4/c1-15(2)12-19(8-5-9-19)14-23-18(20-4)22-11-7-17-6-10-21-13-16(17)3/h6,10,13,15H,5,7-9,11-12,14H2,1-4H3,(H2,20,22,23). The van der Waals surface area contributed by atoms with Crippen molar-refractivity contribution in [2.45, 2.75) is 52.9 Å². The minimum Gasteiger partial charge on any atom is -0.356 e. The summed E-state index contributed by atoms with van der Waals surface area (Å²) in [7, 11) is 1.85. The molecule has 0 amide bonds. The van der Waals surface area contributed by atoms with E-state index in [1.165, 1.54) is 36.8 Å². The fraction of sp³-hybridized carbons (Fsp3) is 0.684. The molecule has 0 spiro atoms. The van der Waals surface area contributed by atoms with Gasteiger partial charge in [-0.05, 0) is 61.1 Å². The van der Waals surface area contributed by atoms with Gasteiger partial charge in [0.1, 0.15) is 0 Å². The van der Waals surface area contributed by atoms with E-state index < -0.39 is 0 Å². The van der Waals surface area contributed by atoms with E-state index in [2.05, 4.69) is 47.4 Å². The zero-order valence-corrected chi connectivity index (χ0v) is 15.2. The van der Waals surface area contributed by atoms with Crippen LogP contribution < -0.4 is 10.6 Å². The van der Waals surface area contributed by atoms with Crippen LogP contribution in [-0.4, -0.2) is 31.1 Å². The monoisotopic (exact) mass is 316 g/mol. The predicted molar refractivity (Wildman–Crippen MR) is 97.8 cm³/mol. The highest BCUT2D eigenvalue weighted by atomic mass is 15.2. The Balaban J connectivity index is 1.76. The van der Waals surface area contributed by atoms with Gasteiger partial charge in [-0.3, -0.25) is 9.98 Å². The Labute approximate surface area is 141 Å². The fourth-order valence-corrected chi connectivity index (χ4v) is 3.59. The summed E-state index contributed by atoms with van der Waals surface area (Å²) in [6.07, 6.45) is 10.2. The number of nitrogens with one attached hydrogen (secondary N) is 2. The van der Waals surface area contributed by atoms with Crippen molar-refractivity contribution in [1.29, 1.82) is 0 Å². The van der Waals surface area contributed by atoms with Crippen LogP contribution in [0.15, 0.2) is 23.5 Å². The smallest absolute Gasteiger partial charge is 0.191 e. The molecule has 1 heterocycles. The maximum Gasteiger partial charge on any atom is 0.191 e. The topological polar surface area (TPSA) is 49.3 Å². The SMILES string of the molecule is CN=C(NCCc1ccncc1C)NCC1(CC(C)C)CCC1. The first-order chi connectivity index (χ1) is 11.0. The maximum absolute atomic E-state index is 4.36. The number of aromatic nitrogens is 1. The third-order valence-corrected chi connectivity index (χ3v) is 4.93. The Kier molecular flexibility index (Phi) is 6.43. The van der Waals surface area contributed by atoms with Crippen molar-refractivity contribution in [2.75, 3.05) is 20.1 Å². The number of pyridine rings is 1. The summed E-state index contributed by atoms with van der Waals surface area (Å²) in [6.45, 7) is 8.69. The third kappa shape index (κ3) is 5.22. The van der Waals surface area contributed by atoms with Gasteiger partial charge in [0.15, 0.2) is 5.96 Å². The van der Waals surface area contributed by atoms with Crippen molar-refractivity contribution in [2.24, 2.45) is 16.3 Å². The molecule has 1 aliphatic rings. The quantitative estimate of drug-likeness (QED) is 0.599. The molecule has 1 aromatic heterocycles. The van der Waals surface area contributed by atoms with Crippen molar-refractivity contribution in [3.63, 3.8) is 0 Å². The number of hydrogen-bond acceptors (Lipinski definition) is 2. The lowest BCUT2D eigenvalue weighted by molar-refractivity contribution is 0.104. The van der Waals surface area contributed by atoms with Crippen molar-refractivity contribution >= 4 is 5.96 Å². The summed E-state index contributed by atoms with van der Waals surface area (Å²) in [6, 6.07) is 2.10. The van der Waals surface area contributed by atoms with Gasteiger partial charge in [-0.25, -0.2) is 0 Å². The average molecular weight is 316 g/mol. The number of aryl methyl sites for hydroxylation is 1. The van der Waals surface area contributed by atoms with E-state index in [1.54, 1.807) is 0 Å². The largest absolute Gasteiger partial charge is 0.356 e. The first-order valence-electron chi connectivity index (χ1n) is 8.89. The van der Waals surface area contributed by atoms with Gasteiger partial charge in [-0.15, -0.1) is 0 Å². The maximum atomic E-state index is 4.36. The molecule has 0 saturated heterocycles. The second-order valence-electron chi connectivity index (χ2n) is 7.36. The molecule has 1 fully saturated rings. The highest BCUT2D eigenvalue weighted by Crippen LogP contribution is 2.45. The van der Waals surface area contributed by atoms with Crippen LogP contribution in [-0.2, 0) is 6.42 Å². The molecule has 0 radical (unpaired) electrons. The molecule has 1 aromatic rings. The number of rotatable bonds is 7. The molecule has 128 valence electrons. The van der Waals surface area contributed by atoms with E-state index >= 15 is 0 Å². The van der Waals surface area contributed by atoms with Crippen molar-refractivity contribution < 1.29 is 0 Å². The summed E-state index contributed by atoms with van der Waals surface area (Å²) in [5.41, 5.74) is 3.09. The summed E-state index contributed by atoms with van der Waals surface area (Å²) < 4.78 is 0. The van der Waals surface area contributed by atoms with Crippen LogP contribution >= 0.6 is 0 Å². The van der Waals surface area contributed by atoms with E-state index in [9.17, 15) is 0 Å². The van der Waals surface area contributed by atoms with Crippen LogP contribution in [0.25, 0.3) is 0 Å². The molecule has 0 aliphatic heterocycles. The normalized spacial score (nSPS) is 17.0. The Morgan fingerprint density at radius 2 is 2.13 bits per heavy atom. The van der Waals surface area contributed by atoms with Crippen molar-refractivity contribution in [1.82, 2.24) is 15.6 Å². The lowest BCUT2D eigenvalue weighted by Crippen LogP contribution is -2.47. The summed E-state index contributed by atoms with van der Waals surface area (Å²) in [5, 5.41) is 6.98. The second kappa shape index (κ2) is 8.32. The van der Waals surface area contributed by atoms with Gasteiger partial charge < -0.3 is 10.6 Å². The Hall–Kier alpha value is -1.58. The van der Waals surface area contributed by atoms with Gasteiger partial charge in [-0.2, -0.15) is 0 Å². The Morgan fingerprint density at radius 3 is 2.70 bits per heavy atom. The molecule has 0 atom stereocenters. The lowest BCUT2D eigenvalue weighted by atomic mass is 9.64. The van der Waals surface area contributed by atoms with E-state index in [0.717, 1.165) is 31.4 Å². The molecule has 4 nitrogen and oxygen atoms in total. The molecule has 1 aliphatic carbocycles. The average Bonchev–Trinajstić information content (AvgIpc) is 2.49. The molecule has 2 rings (SSSR count). The minimum absolute atomic E-state index is 0.494. The first-order valence-corrected chi connectivity index (χ1v) is 8.89. The molecule has 1 saturated carbocycles. The second-order valence-corrected chi connectivity index (χ2v) is 7.36. The zero-order chi connectivity index (χ0) is 16.7. The number of nitrogens with zero attached hydrogens (tertiary/aromatic N) is 2. The van der Waals surface area contributed by atoms with Gasteiger partial charge in [0, 0.05) is 32.5 Å². The van der Waals surface area contributed by atoms with E-state index in [0.29, 0.717) is 5.41 Å². The lowest BCUT2D eigenvalue weighted by Gasteiger charge is -2.43. The first kappa shape index (κ1) is 17.8. The van der Waals surface area contributed by atoms with Gasteiger partial charge in [-0.1, -0.05) is 20.3 Å². The predicted octanol–water partition coefficient (Wildman–Crippen LogP) is 3.31. The van der Waals surface area contributed by atoms with Gasteiger partial charge in [0.05, 0.1) is 0 Å². The molecule has 0 unspecified atom stereocenters. The van der Waals surface area contributed by atoms with Crippen LogP contribution in [0.2, 0.25) is 0 Å². The zero-order valence-electron chi connectivity index (χ0n) is 15.2. The van der Waals surface area contributed by atoms with Crippen LogP contribution in [0.5, 0.6) is 0 Å². The third-order valence-electron chi connectivity index (χ3n) is 4.93. The highest BCUT2D eigenvalue weighted by molar-refractivity contribution is 5.79. The molecule has 2 N–H and O–H groups in total. The molecular formula is C19H32N4. The van der Waals surface area contributed by atoms with Gasteiger partial charge in [0.25, 0.3) is 0 Å². The minimum atomic E-state index is 0.494. The van der Waals surface area contributed by atoms with Crippen LogP contribution in [0, 0.1) is 18.3 Å². The van der Waals surface area contributed by atoms with E-state index in [-0.39, 0.29) is 0 Å². The summed E-state index contributed by atoms with van der Waals surface area (Å²) in [4.78, 5) is 8.51. The highest BCUT2D eigenvalue weighted by Gasteiger charge is 2.37. The van der Waals surface area contributed by atoms with Crippen LogP contribution in [0.3, 0.4) is 0 Å². The van der Waals surface area contributed by atoms with Crippen LogP contribution in [0.1, 0.15) is 50.7 Å². The van der Waals surface area contributed by atoms with E-state index in [1.807, 2.05) is 19.4 Å². The molecule has 4 heteroatoms. The van der Waals surface area contributed by atoms with E-state index in [4.69, 9.17) is 0 Å². The number of hydrogen-bond donors (Lipinski definition) is 2. The number of guanidine groups is 1.